The summed E-state index contributed by atoms with van der Waals surface area (Å²) in [6, 6.07) is 11.5. The summed E-state index contributed by atoms with van der Waals surface area (Å²) in [6.07, 6.45) is 2.86. The molecule has 0 saturated carbocycles. The number of anilines is 1. The number of imidazole rings is 1. The molecule has 3 aromatic rings. The molecule has 0 bridgehead atoms. The molecule has 5 rings (SSSR count). The maximum Gasteiger partial charge on any atom is 0.407 e. The monoisotopic (exact) mass is 758 g/mol. The van der Waals surface area contributed by atoms with Gasteiger partial charge in [0.25, 0.3) is 5.91 Å². The Morgan fingerprint density at radius 3 is 1.96 bits per heavy atom. The van der Waals surface area contributed by atoms with Crippen molar-refractivity contribution >= 4 is 41.6 Å². The van der Waals surface area contributed by atoms with Gasteiger partial charge in [0.05, 0.1) is 32.2 Å². The number of urea groups is 1. The molecule has 2 fully saturated rings. The van der Waals surface area contributed by atoms with Gasteiger partial charge >= 0.3 is 18.2 Å². The smallest absolute Gasteiger partial charge is 0.407 e. The lowest BCUT2D eigenvalue weighted by Gasteiger charge is -2.30. The van der Waals surface area contributed by atoms with Crippen LogP contribution in [0.15, 0.2) is 54.7 Å². The second kappa shape index (κ2) is 17.9. The molecule has 4 atom stereocenters. The highest BCUT2D eigenvalue weighted by molar-refractivity contribution is 6.04. The van der Waals surface area contributed by atoms with Gasteiger partial charge < -0.3 is 40.2 Å². The number of imide groups is 1. The van der Waals surface area contributed by atoms with E-state index < -0.39 is 48.2 Å². The van der Waals surface area contributed by atoms with Crippen LogP contribution in [-0.2, 0) is 23.9 Å². The predicted molar refractivity (Wildman–Crippen MR) is 203 cm³/mol. The normalized spacial score (nSPS) is 17.7. The van der Waals surface area contributed by atoms with Crippen LogP contribution in [0.2, 0.25) is 0 Å². The average molecular weight is 759 g/mol. The summed E-state index contributed by atoms with van der Waals surface area (Å²) in [5.74, 6) is -0.918. The Labute approximate surface area is 320 Å². The lowest BCUT2D eigenvalue weighted by atomic mass is 10.0. The predicted octanol–water partition coefficient (Wildman–Crippen LogP) is 4.81. The van der Waals surface area contributed by atoms with E-state index in [0.717, 1.165) is 35.2 Å². The van der Waals surface area contributed by atoms with Crippen molar-refractivity contribution in [1.82, 2.24) is 35.7 Å². The zero-order valence-corrected chi connectivity index (χ0v) is 32.0. The molecule has 3 heterocycles. The summed E-state index contributed by atoms with van der Waals surface area (Å²) in [5, 5.41) is 10.3. The molecule has 7 amide bonds. The van der Waals surface area contributed by atoms with Gasteiger partial charge in [0, 0.05) is 18.8 Å². The molecular weight excluding hydrogens is 708 g/mol. The van der Waals surface area contributed by atoms with E-state index in [1.54, 1.807) is 43.1 Å². The number of ether oxygens (including phenoxy) is 2. The molecule has 2 aliphatic rings. The number of hydrogen-bond donors (Lipinski definition) is 5. The summed E-state index contributed by atoms with van der Waals surface area (Å²) in [4.78, 5) is 87.9. The third-order valence-corrected chi connectivity index (χ3v) is 9.95. The Bertz CT molecular complexity index is 1880. The van der Waals surface area contributed by atoms with E-state index >= 15 is 0 Å². The number of hydrogen-bond acceptors (Lipinski definition) is 9. The first kappa shape index (κ1) is 40.3. The number of nitrogens with one attached hydrogen (secondary N) is 5. The van der Waals surface area contributed by atoms with Crippen LogP contribution >= 0.6 is 0 Å². The first-order chi connectivity index (χ1) is 26.3. The lowest BCUT2D eigenvalue weighted by Crippen LogP contribution is -2.55. The van der Waals surface area contributed by atoms with Crippen LogP contribution in [0, 0.1) is 11.8 Å². The number of rotatable bonds is 11. The minimum Gasteiger partial charge on any atom is -0.453 e. The standard InChI is InChI=1S/C39H50N8O8/c1-22(2)31(43-38(52)54-5)35(49)46-18-8-12-29(46)33-40-21-28(42-33)25-16-14-24(15-17-25)26-10-7-11-27(20-26)41-37(51)45-34(48)30-13-9-19-47(30)36(50)32(23(3)4)44-39(53)55-6/h7,10-11,14-17,20-23,29-32H,8-9,12-13,18-19H2,1-6H3,(H,40,42)(H,43,52)(H,44,53)(H2,41,45,48,51). The molecular formula is C39H50N8O8. The van der Waals surface area contributed by atoms with Crippen molar-refractivity contribution in [3.8, 4) is 22.4 Å². The molecule has 0 radical (unpaired) electrons. The maximum absolute atomic E-state index is 13.5. The first-order valence-electron chi connectivity index (χ1n) is 18.5. The van der Waals surface area contributed by atoms with Crippen molar-refractivity contribution in [3.05, 3.63) is 60.6 Å². The Morgan fingerprint density at radius 1 is 0.764 bits per heavy atom. The van der Waals surface area contributed by atoms with Crippen molar-refractivity contribution in [3.63, 3.8) is 0 Å². The van der Waals surface area contributed by atoms with E-state index in [1.165, 1.54) is 19.1 Å². The molecule has 2 aromatic carbocycles. The van der Waals surface area contributed by atoms with Gasteiger partial charge in [0.1, 0.15) is 23.9 Å². The SMILES string of the molecule is COC(=O)NC(C(=O)N1CCCC1C(=O)NC(=O)Nc1cccc(-c2ccc(-c3cnc(C4CCCN4C(=O)C(NC(=O)OC)C(C)C)[nH]3)cc2)c1)C(C)C. The van der Waals surface area contributed by atoms with E-state index in [1.807, 2.05) is 44.2 Å². The van der Waals surface area contributed by atoms with Gasteiger partial charge in [-0.3, -0.25) is 19.7 Å². The molecule has 16 nitrogen and oxygen atoms in total. The Kier molecular flexibility index (Phi) is 13.1. The van der Waals surface area contributed by atoms with E-state index in [4.69, 9.17) is 4.74 Å². The van der Waals surface area contributed by atoms with Crippen LogP contribution in [0.5, 0.6) is 0 Å². The average Bonchev–Trinajstić information content (AvgIpc) is 3.97. The number of aromatic nitrogens is 2. The van der Waals surface area contributed by atoms with Crippen LogP contribution in [0.25, 0.3) is 22.4 Å². The van der Waals surface area contributed by atoms with Crippen molar-refractivity contribution in [2.24, 2.45) is 11.8 Å². The molecule has 55 heavy (non-hydrogen) atoms. The number of carbonyl (C=O) groups is 6. The minimum atomic E-state index is -0.884. The first-order valence-corrected chi connectivity index (χ1v) is 18.5. The van der Waals surface area contributed by atoms with E-state index in [0.29, 0.717) is 37.4 Å². The lowest BCUT2D eigenvalue weighted by molar-refractivity contribution is -0.140. The molecule has 4 unspecified atom stereocenters. The van der Waals surface area contributed by atoms with Crippen LogP contribution in [-0.4, -0.2) is 101 Å². The van der Waals surface area contributed by atoms with Crippen LogP contribution in [0.3, 0.4) is 0 Å². The number of carbonyl (C=O) groups excluding carboxylic acids is 6. The van der Waals surface area contributed by atoms with Gasteiger partial charge in [0.2, 0.25) is 11.8 Å². The van der Waals surface area contributed by atoms with Crippen molar-refractivity contribution < 1.29 is 38.2 Å². The van der Waals surface area contributed by atoms with Gasteiger partial charge in [0.15, 0.2) is 0 Å². The fraction of sp³-hybridized carbons (Fsp3) is 0.462. The highest BCUT2D eigenvalue weighted by Gasteiger charge is 2.40. The van der Waals surface area contributed by atoms with Crippen molar-refractivity contribution in [2.75, 3.05) is 32.6 Å². The van der Waals surface area contributed by atoms with Gasteiger partial charge in [-0.1, -0.05) is 64.1 Å². The topological polar surface area (TPSA) is 204 Å². The molecule has 2 saturated heterocycles. The Hall–Kier alpha value is -5.93. The number of H-pyrrole nitrogens is 1. The minimum absolute atomic E-state index is 0.133. The zero-order valence-electron chi connectivity index (χ0n) is 32.0. The molecule has 16 heteroatoms. The largest absolute Gasteiger partial charge is 0.453 e. The van der Waals surface area contributed by atoms with E-state index in [-0.39, 0.29) is 23.8 Å². The van der Waals surface area contributed by atoms with Crippen molar-refractivity contribution in [2.45, 2.75) is 77.5 Å². The number of benzene rings is 2. The van der Waals surface area contributed by atoms with Crippen LogP contribution in [0.1, 0.15) is 65.2 Å². The molecule has 1 aromatic heterocycles. The highest BCUT2D eigenvalue weighted by Crippen LogP contribution is 2.33. The fourth-order valence-corrected chi connectivity index (χ4v) is 7.00. The number of alkyl carbamates (subject to hydrolysis) is 2. The van der Waals surface area contributed by atoms with Gasteiger partial charge in [-0.15, -0.1) is 0 Å². The second-order valence-electron chi connectivity index (χ2n) is 14.4. The number of amides is 7. The Morgan fingerprint density at radius 2 is 1.35 bits per heavy atom. The molecule has 294 valence electrons. The third kappa shape index (κ3) is 9.60. The molecule has 0 aliphatic carbocycles. The van der Waals surface area contributed by atoms with Gasteiger partial charge in [-0.05, 0) is 66.3 Å². The maximum atomic E-state index is 13.5. The molecule has 0 spiro atoms. The summed E-state index contributed by atoms with van der Waals surface area (Å²) < 4.78 is 9.39. The quantitative estimate of drug-likeness (QED) is 0.182. The summed E-state index contributed by atoms with van der Waals surface area (Å²) in [7, 11) is 2.48. The number of likely N-dealkylation sites (tertiary alicyclic amines) is 2. The van der Waals surface area contributed by atoms with Crippen LogP contribution in [0.4, 0.5) is 20.1 Å². The number of aromatic amines is 1. The number of nitrogens with zero attached hydrogens (tertiary/aromatic N) is 3. The number of methoxy groups -OCH3 is 2. The van der Waals surface area contributed by atoms with Crippen molar-refractivity contribution in [1.29, 1.82) is 0 Å². The van der Waals surface area contributed by atoms with E-state index in [9.17, 15) is 28.8 Å². The summed E-state index contributed by atoms with van der Waals surface area (Å²) in [6.45, 7) is 8.19. The summed E-state index contributed by atoms with van der Waals surface area (Å²) in [5.41, 5.74) is 3.84. The summed E-state index contributed by atoms with van der Waals surface area (Å²) >= 11 is 0. The zero-order chi connectivity index (χ0) is 39.8. The Balaban J connectivity index is 1.20. The molecule has 2 aliphatic heterocycles. The highest BCUT2D eigenvalue weighted by atomic mass is 16.5. The van der Waals surface area contributed by atoms with E-state index in [2.05, 4.69) is 36.0 Å². The van der Waals surface area contributed by atoms with Gasteiger partial charge in [-0.25, -0.2) is 19.4 Å². The third-order valence-electron chi connectivity index (χ3n) is 9.95. The van der Waals surface area contributed by atoms with Crippen LogP contribution < -0.4 is 21.3 Å². The molecule has 5 N–H and O–H groups in total. The second-order valence-corrected chi connectivity index (χ2v) is 14.4. The van der Waals surface area contributed by atoms with Gasteiger partial charge in [-0.2, -0.15) is 0 Å². The fourth-order valence-electron chi connectivity index (χ4n) is 7.00.